The molecule has 2 N–H and O–H groups in total. The van der Waals surface area contributed by atoms with Crippen LogP contribution in [0.1, 0.15) is 19.7 Å². The lowest BCUT2D eigenvalue weighted by atomic mass is 10.1. The van der Waals surface area contributed by atoms with Gasteiger partial charge >= 0.3 is 5.89 Å². The van der Waals surface area contributed by atoms with Gasteiger partial charge in [0.05, 0.1) is 21.6 Å². The number of allylic oxidation sites excluding steroid dienone is 2. The quantitative estimate of drug-likeness (QED) is 0.198. The second-order valence-electron chi connectivity index (χ2n) is 9.44. The van der Waals surface area contributed by atoms with Gasteiger partial charge in [-0.2, -0.15) is 21.4 Å². The van der Waals surface area contributed by atoms with E-state index in [2.05, 4.69) is 0 Å². The van der Waals surface area contributed by atoms with Crippen molar-refractivity contribution in [3.8, 4) is 5.75 Å². The van der Waals surface area contributed by atoms with Crippen molar-refractivity contribution in [3.63, 3.8) is 0 Å². The Bertz CT molecular complexity index is 2160. The summed E-state index contributed by atoms with van der Waals surface area (Å²) in [6, 6.07) is 16.0. The Morgan fingerprint density at radius 3 is 2.12 bits per heavy atom. The zero-order chi connectivity index (χ0) is 29.1. The molecule has 0 radical (unpaired) electrons. The molecule has 0 atom stereocenters. The first-order chi connectivity index (χ1) is 19.5. The minimum Gasteiger partial charge on any atom is -0.438 e. The summed E-state index contributed by atoms with van der Waals surface area (Å²) in [4.78, 5) is 1.62. The third-order valence-corrected chi connectivity index (χ3v) is 8.77. The van der Waals surface area contributed by atoms with Crippen LogP contribution in [0.25, 0.3) is 38.7 Å². The fourth-order valence-electron chi connectivity index (χ4n) is 5.17. The topological polar surface area (TPSA) is 138 Å². The molecule has 6 rings (SSSR count). The van der Waals surface area contributed by atoms with Crippen LogP contribution in [0.5, 0.6) is 5.75 Å². The van der Waals surface area contributed by atoms with Crippen LogP contribution in [0.15, 0.2) is 92.9 Å². The summed E-state index contributed by atoms with van der Waals surface area (Å²) in [7, 11) is -8.65. The van der Waals surface area contributed by atoms with Crippen LogP contribution in [0.2, 0.25) is 0 Å². The van der Waals surface area contributed by atoms with Crippen LogP contribution in [0.3, 0.4) is 0 Å². The summed E-state index contributed by atoms with van der Waals surface area (Å²) >= 11 is 0. The Labute approximate surface area is 235 Å². The van der Waals surface area contributed by atoms with Crippen LogP contribution in [0.4, 0.5) is 5.69 Å². The second kappa shape index (κ2) is 9.70. The lowest BCUT2D eigenvalue weighted by Gasteiger charge is -2.15. The number of anilines is 1. The molecule has 0 saturated carbocycles. The molecule has 5 aromatic rings. The summed E-state index contributed by atoms with van der Waals surface area (Å²) in [6.45, 7) is 5.23. The highest BCUT2D eigenvalue weighted by molar-refractivity contribution is 7.86. The minimum absolute atomic E-state index is 0.185. The maximum Gasteiger partial charge on any atom is 0.374 e. The number of hydrogen-bond acceptors (Lipinski definition) is 7. The fourth-order valence-corrected chi connectivity index (χ4v) is 6.20. The largest absolute Gasteiger partial charge is 0.438 e. The zero-order valence-electron chi connectivity index (χ0n) is 22.0. The molecule has 10 nitrogen and oxygen atoms in total. The smallest absolute Gasteiger partial charge is 0.374 e. The highest BCUT2D eigenvalue weighted by atomic mass is 32.2. The third kappa shape index (κ3) is 4.64. The molecule has 0 bridgehead atoms. The summed E-state index contributed by atoms with van der Waals surface area (Å²) in [6.07, 6.45) is 5.43. The third-order valence-electron chi connectivity index (χ3n) is 7.07. The molecular formula is C29H25N2O8S2+. The number of benzene rings is 4. The van der Waals surface area contributed by atoms with Gasteiger partial charge < -0.3 is 14.1 Å². The maximum atomic E-state index is 11.6. The molecule has 41 heavy (non-hydrogen) atoms. The number of aryl methyl sites for hydroxylation is 1. The predicted octanol–water partition coefficient (Wildman–Crippen LogP) is 5.31. The lowest BCUT2D eigenvalue weighted by molar-refractivity contribution is -0.674. The normalized spacial score (nSPS) is 15.0. The molecule has 0 aliphatic carbocycles. The Balaban J connectivity index is 1.37. The van der Waals surface area contributed by atoms with Crippen molar-refractivity contribution in [2.45, 2.75) is 30.2 Å². The first-order valence-corrected chi connectivity index (χ1v) is 15.6. The second-order valence-corrected chi connectivity index (χ2v) is 12.3. The van der Waals surface area contributed by atoms with Crippen molar-refractivity contribution in [2.24, 2.45) is 0 Å². The van der Waals surface area contributed by atoms with E-state index in [0.29, 0.717) is 57.7 Å². The van der Waals surface area contributed by atoms with E-state index in [1.165, 1.54) is 24.3 Å². The van der Waals surface area contributed by atoms with Crippen molar-refractivity contribution < 1.29 is 39.7 Å². The van der Waals surface area contributed by atoms with Gasteiger partial charge in [0.15, 0.2) is 5.75 Å². The van der Waals surface area contributed by atoms with Crippen LogP contribution >= 0.6 is 0 Å². The van der Waals surface area contributed by atoms with E-state index >= 15 is 0 Å². The Morgan fingerprint density at radius 1 is 0.854 bits per heavy atom. The Kier molecular flexibility index (Phi) is 6.38. The maximum absolute atomic E-state index is 11.6. The van der Waals surface area contributed by atoms with Gasteiger partial charge in [-0.1, -0.05) is 6.07 Å². The summed E-state index contributed by atoms with van der Waals surface area (Å²) in [5.74, 6) is 1.74. The highest BCUT2D eigenvalue weighted by Gasteiger charge is 2.27. The zero-order valence-corrected chi connectivity index (χ0v) is 23.6. The minimum atomic E-state index is -4.33. The monoisotopic (exact) mass is 593 g/mol. The van der Waals surface area contributed by atoms with E-state index in [1.54, 1.807) is 24.3 Å². The predicted molar refractivity (Wildman–Crippen MR) is 154 cm³/mol. The van der Waals surface area contributed by atoms with E-state index in [9.17, 15) is 25.9 Å². The highest BCUT2D eigenvalue weighted by Crippen LogP contribution is 2.44. The van der Waals surface area contributed by atoms with Crippen LogP contribution in [0, 0.1) is 0 Å². The molecule has 0 amide bonds. The molecular weight excluding hydrogens is 568 g/mol. The lowest BCUT2D eigenvalue weighted by Crippen LogP contribution is -2.33. The molecule has 12 heteroatoms. The molecule has 210 valence electrons. The van der Waals surface area contributed by atoms with Gasteiger partial charge in [0.25, 0.3) is 25.8 Å². The van der Waals surface area contributed by atoms with Gasteiger partial charge in [0.1, 0.15) is 6.54 Å². The number of nitrogens with zero attached hydrogens (tertiary/aromatic N) is 2. The summed E-state index contributed by atoms with van der Waals surface area (Å²) in [5, 5.41) is 2.67. The number of rotatable bonds is 6. The van der Waals surface area contributed by atoms with E-state index in [-0.39, 0.29) is 9.79 Å². The van der Waals surface area contributed by atoms with Crippen LogP contribution in [-0.4, -0.2) is 32.5 Å². The van der Waals surface area contributed by atoms with E-state index in [0.717, 1.165) is 11.2 Å². The number of aromatic nitrogens is 1. The fraction of sp³-hybridized carbons (Fsp3) is 0.138. The molecule has 1 aromatic heterocycles. The van der Waals surface area contributed by atoms with Gasteiger partial charge in [-0.05, 0) is 85.3 Å². The van der Waals surface area contributed by atoms with Gasteiger partial charge in [-0.15, -0.1) is 0 Å². The van der Waals surface area contributed by atoms with Crippen molar-refractivity contribution >= 4 is 64.6 Å². The van der Waals surface area contributed by atoms with Crippen LogP contribution < -0.4 is 14.2 Å². The number of fused-ring (bicyclic) bond motifs is 6. The molecule has 0 fully saturated rings. The average Bonchev–Trinajstić information content (AvgIpc) is 3.48. The van der Waals surface area contributed by atoms with Crippen LogP contribution in [-0.2, 0) is 26.8 Å². The van der Waals surface area contributed by atoms with Crippen molar-refractivity contribution in [3.05, 3.63) is 84.6 Å². The molecule has 1 aliphatic heterocycles. The van der Waals surface area contributed by atoms with Gasteiger partial charge in [0.2, 0.25) is 11.5 Å². The van der Waals surface area contributed by atoms with Gasteiger partial charge in [-0.3, -0.25) is 9.11 Å². The first-order valence-electron chi connectivity index (χ1n) is 12.7. The van der Waals surface area contributed by atoms with Gasteiger partial charge in [-0.25, -0.2) is 0 Å². The Morgan fingerprint density at radius 2 is 1.49 bits per heavy atom. The molecule has 0 unspecified atom stereocenters. The van der Waals surface area contributed by atoms with Crippen molar-refractivity contribution in [2.75, 3.05) is 11.4 Å². The van der Waals surface area contributed by atoms with E-state index < -0.39 is 20.2 Å². The summed E-state index contributed by atoms with van der Waals surface area (Å²) in [5.41, 5.74) is 2.26. The molecule has 0 spiro atoms. The molecule has 4 aromatic carbocycles. The van der Waals surface area contributed by atoms with Crippen molar-refractivity contribution in [1.82, 2.24) is 0 Å². The van der Waals surface area contributed by atoms with E-state index in [4.69, 9.17) is 9.15 Å². The first kappa shape index (κ1) is 27.0. The number of oxazole rings is 1. The SMILES string of the molecule is CCN1/C(=C\C=C\c2oc3c4ccc(S(=O)(=O)O)cc4ccc3[n+]2CC)Oc2c1ccc1cc(S(=O)(=O)O)ccc21. The molecule has 1 aliphatic rings. The standard InChI is InChI=1S/C29H24N2O8S2/c1-3-30-24-14-8-18-16-20(40(32,33)34)10-12-22(18)28(24)38-26(30)6-5-7-27-31(4-2)25-15-9-19-17-21(41(35,36)37)11-13-23(19)29(25)39-27/h5-17H,3-4H2,1-2H3,(H-,32,33,34,35,36,37)/p+1. The average molecular weight is 594 g/mol. The van der Waals surface area contributed by atoms with E-state index in [1.807, 2.05) is 53.7 Å². The van der Waals surface area contributed by atoms with Crippen molar-refractivity contribution in [1.29, 1.82) is 0 Å². The molecule has 0 saturated heterocycles. The number of ether oxygens (including phenoxy) is 1. The molecule has 2 heterocycles. The van der Waals surface area contributed by atoms with Gasteiger partial charge in [0, 0.05) is 23.4 Å². The Hall–Kier alpha value is -4.23. The summed E-state index contributed by atoms with van der Waals surface area (Å²) < 4.78 is 79.5. The number of hydrogen-bond donors (Lipinski definition) is 2.